The average molecular weight is 168 g/mol. The highest BCUT2D eigenvalue weighted by molar-refractivity contribution is 5.82. The van der Waals surface area contributed by atoms with Crippen LogP contribution in [0.1, 0.15) is 26.2 Å². The Bertz CT molecular complexity index is 256. The van der Waals surface area contributed by atoms with Crippen molar-refractivity contribution in [2.24, 2.45) is 0 Å². The molecule has 0 aromatic carbocycles. The predicted octanol–water partition coefficient (Wildman–Crippen LogP) is 1.34. The van der Waals surface area contributed by atoms with E-state index in [-0.39, 0.29) is 6.10 Å². The zero-order valence-corrected chi connectivity index (χ0v) is 7.04. The lowest BCUT2D eigenvalue weighted by atomic mass is 10.0. The van der Waals surface area contributed by atoms with Crippen molar-refractivity contribution in [2.75, 3.05) is 0 Å². The number of carboxylic acids is 1. The molecule has 0 amide bonds. The van der Waals surface area contributed by atoms with E-state index in [4.69, 9.17) is 9.84 Å². The van der Waals surface area contributed by atoms with Crippen LogP contribution in [0.2, 0.25) is 0 Å². The first kappa shape index (κ1) is 7.80. The highest BCUT2D eigenvalue weighted by Crippen LogP contribution is 2.44. The summed E-state index contributed by atoms with van der Waals surface area (Å²) >= 11 is 0. The zero-order valence-electron chi connectivity index (χ0n) is 7.04. The van der Waals surface area contributed by atoms with E-state index in [1.165, 1.54) is 5.57 Å². The lowest BCUT2D eigenvalue weighted by molar-refractivity contribution is -0.142. The second-order valence-electron chi connectivity index (χ2n) is 3.58. The van der Waals surface area contributed by atoms with Gasteiger partial charge in [-0.3, -0.25) is 0 Å². The number of hydrogen-bond donors (Lipinski definition) is 1. The van der Waals surface area contributed by atoms with Crippen molar-refractivity contribution in [3.05, 3.63) is 11.6 Å². The standard InChI is InChI=1S/C9H12O3/c1-9(8(10)11)7(12-9)6-4-2-3-5-6/h4,7H,2-3,5H2,1H3,(H,10,11). The SMILES string of the molecule is CC1(C(=O)O)OC1C1=CCCC1. The van der Waals surface area contributed by atoms with Crippen molar-refractivity contribution < 1.29 is 14.6 Å². The van der Waals surface area contributed by atoms with Crippen LogP contribution >= 0.6 is 0 Å². The summed E-state index contributed by atoms with van der Waals surface area (Å²) in [6.45, 7) is 1.64. The van der Waals surface area contributed by atoms with E-state index in [2.05, 4.69) is 6.08 Å². The van der Waals surface area contributed by atoms with E-state index in [9.17, 15) is 4.79 Å². The Kier molecular flexibility index (Phi) is 1.51. The highest BCUT2D eigenvalue weighted by atomic mass is 16.6. The van der Waals surface area contributed by atoms with Crippen LogP contribution in [-0.2, 0) is 9.53 Å². The molecule has 0 bridgehead atoms. The molecule has 0 radical (unpaired) electrons. The van der Waals surface area contributed by atoms with Crippen molar-refractivity contribution >= 4 is 5.97 Å². The van der Waals surface area contributed by atoms with Crippen LogP contribution in [-0.4, -0.2) is 22.8 Å². The van der Waals surface area contributed by atoms with Crippen molar-refractivity contribution in [1.29, 1.82) is 0 Å². The Labute approximate surface area is 71.0 Å². The van der Waals surface area contributed by atoms with Gasteiger partial charge in [0, 0.05) is 0 Å². The van der Waals surface area contributed by atoms with Gasteiger partial charge in [-0.1, -0.05) is 6.08 Å². The van der Waals surface area contributed by atoms with Gasteiger partial charge in [-0.25, -0.2) is 4.79 Å². The quantitative estimate of drug-likeness (QED) is 0.500. The average Bonchev–Trinajstić information content (AvgIpc) is 2.49. The van der Waals surface area contributed by atoms with Crippen molar-refractivity contribution in [3.63, 3.8) is 0 Å². The van der Waals surface area contributed by atoms with Gasteiger partial charge in [0.05, 0.1) is 0 Å². The number of carbonyl (C=O) groups is 1. The molecular formula is C9H12O3. The fourth-order valence-electron chi connectivity index (χ4n) is 1.74. The van der Waals surface area contributed by atoms with E-state index < -0.39 is 11.6 Å². The summed E-state index contributed by atoms with van der Waals surface area (Å²) in [6.07, 6.45) is 5.19. The van der Waals surface area contributed by atoms with Crippen molar-refractivity contribution in [3.8, 4) is 0 Å². The third-order valence-corrected chi connectivity index (χ3v) is 2.64. The smallest absolute Gasteiger partial charge is 0.338 e. The molecule has 3 nitrogen and oxygen atoms in total. The van der Waals surface area contributed by atoms with Gasteiger partial charge < -0.3 is 9.84 Å². The molecule has 66 valence electrons. The summed E-state index contributed by atoms with van der Waals surface area (Å²) < 4.78 is 5.18. The number of ether oxygens (including phenoxy) is 1. The minimum atomic E-state index is -0.920. The fraction of sp³-hybridized carbons (Fsp3) is 0.667. The molecule has 1 N–H and O–H groups in total. The van der Waals surface area contributed by atoms with Gasteiger partial charge in [-0.2, -0.15) is 0 Å². The Hall–Kier alpha value is -0.830. The number of aliphatic carboxylic acids is 1. The maximum Gasteiger partial charge on any atom is 0.338 e. The summed E-state index contributed by atoms with van der Waals surface area (Å²) in [5.74, 6) is -0.847. The third kappa shape index (κ3) is 0.966. The van der Waals surface area contributed by atoms with Crippen molar-refractivity contribution in [2.45, 2.75) is 37.9 Å². The largest absolute Gasteiger partial charge is 0.479 e. The van der Waals surface area contributed by atoms with Gasteiger partial charge in [-0.15, -0.1) is 0 Å². The van der Waals surface area contributed by atoms with E-state index >= 15 is 0 Å². The minimum absolute atomic E-state index is 0.141. The number of hydrogen-bond acceptors (Lipinski definition) is 2. The van der Waals surface area contributed by atoms with Crippen LogP contribution < -0.4 is 0 Å². The number of allylic oxidation sites excluding steroid dienone is 1. The molecule has 1 aliphatic carbocycles. The number of carboxylic acid groups (broad SMARTS) is 1. The second-order valence-corrected chi connectivity index (χ2v) is 3.58. The molecule has 0 aromatic heterocycles. The maximum absolute atomic E-state index is 10.7. The molecule has 2 unspecified atom stereocenters. The molecule has 1 aliphatic heterocycles. The molecule has 2 atom stereocenters. The van der Waals surface area contributed by atoms with Gasteiger partial charge in [0.2, 0.25) is 0 Å². The molecule has 0 spiro atoms. The molecule has 0 saturated carbocycles. The molecule has 1 saturated heterocycles. The molecular weight excluding hydrogens is 156 g/mol. The van der Waals surface area contributed by atoms with Gasteiger partial charge >= 0.3 is 5.97 Å². The zero-order chi connectivity index (χ0) is 8.77. The van der Waals surface area contributed by atoms with E-state index in [1.807, 2.05) is 0 Å². The van der Waals surface area contributed by atoms with Crippen LogP contribution in [0.15, 0.2) is 11.6 Å². The Morgan fingerprint density at radius 2 is 2.58 bits per heavy atom. The summed E-state index contributed by atoms with van der Waals surface area (Å²) in [4.78, 5) is 10.7. The summed E-state index contributed by atoms with van der Waals surface area (Å²) in [6, 6.07) is 0. The first-order valence-corrected chi connectivity index (χ1v) is 4.25. The van der Waals surface area contributed by atoms with Gasteiger partial charge in [-0.05, 0) is 31.8 Å². The number of epoxide rings is 1. The van der Waals surface area contributed by atoms with Crippen LogP contribution in [0.3, 0.4) is 0 Å². The molecule has 0 aromatic rings. The van der Waals surface area contributed by atoms with Crippen molar-refractivity contribution in [1.82, 2.24) is 0 Å². The Morgan fingerprint density at radius 3 is 3.00 bits per heavy atom. The van der Waals surface area contributed by atoms with E-state index in [1.54, 1.807) is 6.92 Å². The van der Waals surface area contributed by atoms with Crippen LogP contribution in [0.25, 0.3) is 0 Å². The Morgan fingerprint density at radius 1 is 1.83 bits per heavy atom. The summed E-state index contributed by atoms with van der Waals surface area (Å²) in [5.41, 5.74) is 0.260. The fourth-order valence-corrected chi connectivity index (χ4v) is 1.74. The molecule has 12 heavy (non-hydrogen) atoms. The lowest BCUT2D eigenvalue weighted by Gasteiger charge is -1.98. The minimum Gasteiger partial charge on any atom is -0.479 e. The molecule has 3 heteroatoms. The van der Waals surface area contributed by atoms with E-state index in [0.29, 0.717) is 0 Å². The normalized spacial score (nSPS) is 39.4. The maximum atomic E-state index is 10.7. The summed E-state index contributed by atoms with van der Waals surface area (Å²) in [5, 5.41) is 8.79. The van der Waals surface area contributed by atoms with Crippen LogP contribution in [0.5, 0.6) is 0 Å². The number of rotatable bonds is 2. The molecule has 2 aliphatic rings. The summed E-state index contributed by atoms with van der Waals surface area (Å²) in [7, 11) is 0. The Balaban J connectivity index is 2.07. The first-order valence-electron chi connectivity index (χ1n) is 4.25. The van der Waals surface area contributed by atoms with Gasteiger partial charge in [0.15, 0.2) is 5.60 Å². The van der Waals surface area contributed by atoms with Gasteiger partial charge in [0.1, 0.15) is 6.10 Å². The van der Waals surface area contributed by atoms with E-state index in [0.717, 1.165) is 19.3 Å². The lowest BCUT2D eigenvalue weighted by Crippen LogP contribution is -2.23. The predicted molar refractivity (Wildman–Crippen MR) is 42.8 cm³/mol. The molecule has 2 rings (SSSR count). The van der Waals surface area contributed by atoms with Crippen LogP contribution in [0, 0.1) is 0 Å². The highest BCUT2D eigenvalue weighted by Gasteiger charge is 2.60. The molecule has 1 fully saturated rings. The topological polar surface area (TPSA) is 49.8 Å². The third-order valence-electron chi connectivity index (χ3n) is 2.64. The first-order chi connectivity index (χ1) is 5.64. The van der Waals surface area contributed by atoms with Crippen LogP contribution in [0.4, 0.5) is 0 Å². The molecule has 1 heterocycles. The second kappa shape index (κ2) is 2.33. The monoisotopic (exact) mass is 168 g/mol. The van der Waals surface area contributed by atoms with Gasteiger partial charge in [0.25, 0.3) is 0 Å².